The van der Waals surface area contributed by atoms with E-state index in [-0.39, 0.29) is 0 Å². The van der Waals surface area contributed by atoms with Gasteiger partial charge < -0.3 is 9.13 Å². The van der Waals surface area contributed by atoms with Crippen LogP contribution in [0.15, 0.2) is 177 Å². The van der Waals surface area contributed by atoms with Crippen molar-refractivity contribution in [3.63, 3.8) is 0 Å². The van der Waals surface area contributed by atoms with Gasteiger partial charge in [0.2, 0.25) is 5.95 Å². The molecule has 0 spiro atoms. The Morgan fingerprint density at radius 1 is 0.519 bits per heavy atom. The van der Waals surface area contributed by atoms with Crippen LogP contribution in [0.25, 0.3) is 93.9 Å². The summed E-state index contributed by atoms with van der Waals surface area (Å²) in [6.07, 6.45) is 11.7. The third kappa shape index (κ3) is 4.42. The zero-order chi connectivity index (χ0) is 34.8. The fourth-order valence-corrected chi connectivity index (χ4v) is 8.01. The van der Waals surface area contributed by atoms with Gasteiger partial charge in [0.15, 0.2) is 0 Å². The Morgan fingerprint density at radius 3 is 1.65 bits per heavy atom. The molecule has 5 nitrogen and oxygen atoms in total. The summed E-state index contributed by atoms with van der Waals surface area (Å²) in [5.74, 6) is 0.671. The second kappa shape index (κ2) is 11.8. The van der Waals surface area contributed by atoms with Crippen LogP contribution in [-0.2, 0) is 0 Å². The predicted octanol–water partition coefficient (Wildman–Crippen LogP) is 12.0. The fraction of sp³-hybridized carbons (Fsp3) is 0.0213. The third-order valence-corrected chi connectivity index (χ3v) is 10.3. The SMILES string of the molecule is C=C/C(=C\C=C/C)n1c2ccccc2c2cc(-n3c4ccccc4c4cc(-c5ccc6c(c5)c5ccccc5n6-c5ncccn5)ccc43)ccc21. The molecule has 0 bridgehead atoms. The van der Waals surface area contributed by atoms with E-state index in [1.54, 1.807) is 12.4 Å². The predicted molar refractivity (Wildman–Crippen MR) is 218 cm³/mol. The Morgan fingerprint density at radius 2 is 1.02 bits per heavy atom. The van der Waals surface area contributed by atoms with Crippen molar-refractivity contribution in [1.29, 1.82) is 0 Å². The molecule has 4 heterocycles. The second-order valence-corrected chi connectivity index (χ2v) is 13.1. The molecule has 10 aromatic rings. The zero-order valence-electron chi connectivity index (χ0n) is 28.6. The van der Waals surface area contributed by atoms with Crippen LogP contribution in [0.4, 0.5) is 0 Å². The Balaban J connectivity index is 1.16. The maximum absolute atomic E-state index is 4.59. The second-order valence-electron chi connectivity index (χ2n) is 13.1. The van der Waals surface area contributed by atoms with Gasteiger partial charge in [0.25, 0.3) is 0 Å². The summed E-state index contributed by atoms with van der Waals surface area (Å²) in [6.45, 7) is 6.18. The van der Waals surface area contributed by atoms with Crippen molar-refractivity contribution in [2.45, 2.75) is 6.92 Å². The maximum atomic E-state index is 4.59. The van der Waals surface area contributed by atoms with Crippen molar-refractivity contribution in [3.05, 3.63) is 177 Å². The number of allylic oxidation sites excluding steroid dienone is 5. The molecule has 0 unspecified atom stereocenters. The van der Waals surface area contributed by atoms with Crippen molar-refractivity contribution < 1.29 is 0 Å². The molecular weight excluding hydrogens is 635 g/mol. The number of aromatic nitrogens is 5. The molecule has 10 rings (SSSR count). The third-order valence-electron chi connectivity index (χ3n) is 10.3. The van der Waals surface area contributed by atoms with Gasteiger partial charge in [-0.1, -0.05) is 85.5 Å². The Hall–Kier alpha value is -6.98. The maximum Gasteiger partial charge on any atom is 0.234 e. The van der Waals surface area contributed by atoms with Gasteiger partial charge in [-0.3, -0.25) is 4.57 Å². The molecule has 0 aliphatic heterocycles. The standard InChI is InChI=1S/C47H33N5/c1-3-5-13-33(4-2)50-41-17-9-7-16-37(41)40-30-34(22-25-45(40)50)51-42-18-10-6-14-35(42)38-28-31(20-23-44(38)51)32-21-24-46-39(29-32)36-15-8-11-19-43(36)52(46)47-48-26-12-27-49-47/h3-30H,2H2,1H3/b5-3-,33-13+. The largest absolute Gasteiger partial charge is 0.309 e. The highest BCUT2D eigenvalue weighted by molar-refractivity contribution is 6.14. The number of benzene rings is 6. The monoisotopic (exact) mass is 667 g/mol. The summed E-state index contributed by atoms with van der Waals surface area (Å²) in [4.78, 5) is 9.17. The number of nitrogens with zero attached hydrogens (tertiary/aromatic N) is 5. The van der Waals surface area contributed by atoms with Gasteiger partial charge in [-0.15, -0.1) is 0 Å². The van der Waals surface area contributed by atoms with Gasteiger partial charge in [0.1, 0.15) is 0 Å². The Kier molecular flexibility index (Phi) is 6.80. The minimum Gasteiger partial charge on any atom is -0.309 e. The first-order valence-corrected chi connectivity index (χ1v) is 17.6. The van der Waals surface area contributed by atoms with Gasteiger partial charge in [0.05, 0.1) is 33.1 Å². The summed E-state index contributed by atoms with van der Waals surface area (Å²) in [5, 5.41) is 7.22. The summed E-state index contributed by atoms with van der Waals surface area (Å²) in [7, 11) is 0. The molecule has 0 radical (unpaired) electrons. The van der Waals surface area contributed by atoms with Gasteiger partial charge in [-0.05, 0) is 96.9 Å². The molecule has 0 aliphatic carbocycles. The normalized spacial score (nSPS) is 12.4. The molecule has 0 saturated heterocycles. The van der Waals surface area contributed by atoms with E-state index < -0.39 is 0 Å². The molecule has 0 aliphatic rings. The van der Waals surface area contributed by atoms with Gasteiger partial charge in [-0.2, -0.15) is 0 Å². The quantitative estimate of drug-likeness (QED) is 0.166. The number of para-hydroxylation sites is 3. The van der Waals surface area contributed by atoms with E-state index in [1.165, 1.54) is 54.5 Å². The molecule has 0 atom stereocenters. The van der Waals surface area contributed by atoms with Crippen LogP contribution < -0.4 is 0 Å². The van der Waals surface area contributed by atoms with Crippen molar-refractivity contribution >= 4 is 71.1 Å². The smallest absolute Gasteiger partial charge is 0.234 e. The molecule has 0 fully saturated rings. The number of rotatable bonds is 6. The van der Waals surface area contributed by atoms with E-state index in [9.17, 15) is 0 Å². The van der Waals surface area contributed by atoms with E-state index in [0.717, 1.165) is 33.5 Å². The topological polar surface area (TPSA) is 40.6 Å². The summed E-state index contributed by atoms with van der Waals surface area (Å²) >= 11 is 0. The van der Waals surface area contributed by atoms with E-state index in [2.05, 4.69) is 170 Å². The Labute approximate surface area is 300 Å². The van der Waals surface area contributed by atoms with Crippen LogP contribution in [0.2, 0.25) is 0 Å². The molecule has 5 heteroatoms. The van der Waals surface area contributed by atoms with Crippen molar-refractivity contribution in [2.75, 3.05) is 0 Å². The number of fused-ring (bicyclic) bond motifs is 9. The van der Waals surface area contributed by atoms with E-state index in [0.29, 0.717) is 5.95 Å². The van der Waals surface area contributed by atoms with Crippen molar-refractivity contribution in [2.24, 2.45) is 0 Å². The van der Waals surface area contributed by atoms with Crippen molar-refractivity contribution in [3.8, 4) is 22.8 Å². The lowest BCUT2D eigenvalue weighted by molar-refractivity contribution is 0.988. The molecule has 0 amide bonds. The van der Waals surface area contributed by atoms with Crippen LogP contribution in [0.5, 0.6) is 0 Å². The van der Waals surface area contributed by atoms with E-state index >= 15 is 0 Å². The first-order valence-electron chi connectivity index (χ1n) is 17.6. The highest BCUT2D eigenvalue weighted by Crippen LogP contribution is 2.39. The average molecular weight is 668 g/mol. The number of hydrogen-bond donors (Lipinski definition) is 0. The lowest BCUT2D eigenvalue weighted by Gasteiger charge is -2.11. The highest BCUT2D eigenvalue weighted by Gasteiger charge is 2.18. The van der Waals surface area contributed by atoms with Crippen LogP contribution in [0.3, 0.4) is 0 Å². The summed E-state index contributed by atoms with van der Waals surface area (Å²) in [6, 6.07) is 48.1. The lowest BCUT2D eigenvalue weighted by atomic mass is 10.0. The van der Waals surface area contributed by atoms with Gasteiger partial charge in [0, 0.05) is 56.1 Å². The molecule has 52 heavy (non-hydrogen) atoms. The molecule has 6 aromatic carbocycles. The fourth-order valence-electron chi connectivity index (χ4n) is 8.01. The van der Waals surface area contributed by atoms with E-state index in [1.807, 2.05) is 25.1 Å². The minimum atomic E-state index is 0.671. The molecule has 4 aromatic heterocycles. The van der Waals surface area contributed by atoms with Crippen LogP contribution in [0, 0.1) is 0 Å². The Bertz CT molecular complexity index is 3100. The average Bonchev–Trinajstić information content (AvgIpc) is 3.84. The summed E-state index contributed by atoms with van der Waals surface area (Å²) in [5.41, 5.74) is 11.4. The first kappa shape index (κ1) is 29.9. The van der Waals surface area contributed by atoms with Gasteiger partial charge in [-0.25, -0.2) is 9.97 Å². The molecule has 0 N–H and O–H groups in total. The van der Waals surface area contributed by atoms with Crippen molar-refractivity contribution in [1.82, 2.24) is 23.7 Å². The van der Waals surface area contributed by atoms with Gasteiger partial charge >= 0.3 is 0 Å². The van der Waals surface area contributed by atoms with Crippen LogP contribution >= 0.6 is 0 Å². The number of hydrogen-bond acceptors (Lipinski definition) is 2. The zero-order valence-corrected chi connectivity index (χ0v) is 28.6. The lowest BCUT2D eigenvalue weighted by Crippen LogP contribution is -1.99. The molecular formula is C47H33N5. The summed E-state index contributed by atoms with van der Waals surface area (Å²) < 4.78 is 6.86. The molecule has 246 valence electrons. The minimum absolute atomic E-state index is 0.671. The first-order chi connectivity index (χ1) is 25.7. The van der Waals surface area contributed by atoms with Crippen LogP contribution in [-0.4, -0.2) is 23.7 Å². The van der Waals surface area contributed by atoms with Crippen LogP contribution in [0.1, 0.15) is 6.92 Å². The molecule has 0 saturated carbocycles. The van der Waals surface area contributed by atoms with E-state index in [4.69, 9.17) is 0 Å². The highest BCUT2D eigenvalue weighted by atomic mass is 15.1.